The Balaban J connectivity index is 3.07. The molecule has 0 fully saturated rings. The van der Waals surface area contributed by atoms with Crippen LogP contribution in [0.1, 0.15) is 21.5 Å². The lowest BCUT2D eigenvalue weighted by atomic mass is 10.0. The first-order valence-electron chi connectivity index (χ1n) is 6.25. The van der Waals surface area contributed by atoms with Gasteiger partial charge in [-0.15, -0.1) is 0 Å². The quantitative estimate of drug-likeness (QED) is 0.768. The molecular formula is C15H19N3O2. The van der Waals surface area contributed by atoms with Crippen molar-refractivity contribution < 1.29 is 9.59 Å². The Morgan fingerprint density at radius 2 is 2.10 bits per heavy atom. The fraction of sp³-hybridized carbons (Fsp3) is 0.333. The summed E-state index contributed by atoms with van der Waals surface area (Å²) in [5.41, 5.74) is 7.42. The summed E-state index contributed by atoms with van der Waals surface area (Å²) < 4.78 is 0. The Hall–Kier alpha value is -2.32. The van der Waals surface area contributed by atoms with Crippen LogP contribution in [0.15, 0.2) is 18.2 Å². The lowest BCUT2D eigenvalue weighted by Crippen LogP contribution is -2.37. The average Bonchev–Trinajstić information content (AvgIpc) is 2.44. The normalized spacial score (nSPS) is 9.40. The first kappa shape index (κ1) is 15.7. The van der Waals surface area contributed by atoms with E-state index in [1.54, 1.807) is 19.2 Å². The third-order valence-electron chi connectivity index (χ3n) is 2.74. The van der Waals surface area contributed by atoms with Gasteiger partial charge in [-0.1, -0.05) is 23.5 Å². The lowest BCUT2D eigenvalue weighted by molar-refractivity contribution is -0.121. The molecule has 20 heavy (non-hydrogen) atoms. The van der Waals surface area contributed by atoms with Gasteiger partial charge in [0.1, 0.15) is 0 Å². The van der Waals surface area contributed by atoms with Gasteiger partial charge in [0.2, 0.25) is 5.91 Å². The number of carbonyl (C=O) groups is 2. The Morgan fingerprint density at radius 1 is 1.40 bits per heavy atom. The van der Waals surface area contributed by atoms with Gasteiger partial charge in [-0.3, -0.25) is 9.59 Å². The third kappa shape index (κ3) is 4.11. The zero-order valence-electron chi connectivity index (χ0n) is 12.0. The highest BCUT2D eigenvalue weighted by molar-refractivity contribution is 5.98. The number of nitrogens with two attached hydrogens (primary N) is 1. The first-order chi connectivity index (χ1) is 9.49. The van der Waals surface area contributed by atoms with E-state index in [2.05, 4.69) is 17.2 Å². The predicted molar refractivity (Wildman–Crippen MR) is 78.1 cm³/mol. The average molecular weight is 273 g/mol. The van der Waals surface area contributed by atoms with E-state index < -0.39 is 0 Å². The van der Waals surface area contributed by atoms with Crippen LogP contribution in [0, 0.1) is 18.8 Å². The van der Waals surface area contributed by atoms with Crippen LogP contribution in [0.3, 0.4) is 0 Å². The molecule has 2 amide bonds. The van der Waals surface area contributed by atoms with E-state index in [9.17, 15) is 9.59 Å². The molecule has 5 nitrogen and oxygen atoms in total. The molecule has 0 atom stereocenters. The molecular weight excluding hydrogens is 254 g/mol. The van der Waals surface area contributed by atoms with Crippen molar-refractivity contribution in [3.63, 3.8) is 0 Å². The van der Waals surface area contributed by atoms with E-state index in [4.69, 9.17) is 5.73 Å². The van der Waals surface area contributed by atoms with Gasteiger partial charge in [-0.2, -0.15) is 0 Å². The zero-order chi connectivity index (χ0) is 15.1. The zero-order valence-corrected chi connectivity index (χ0v) is 12.0. The van der Waals surface area contributed by atoms with E-state index in [-0.39, 0.29) is 24.9 Å². The van der Waals surface area contributed by atoms with Gasteiger partial charge in [0, 0.05) is 19.7 Å². The van der Waals surface area contributed by atoms with Crippen molar-refractivity contribution in [3.8, 4) is 11.8 Å². The third-order valence-corrected chi connectivity index (χ3v) is 2.74. The number of amides is 2. The highest BCUT2D eigenvalue weighted by Gasteiger charge is 2.17. The molecule has 0 aromatic heterocycles. The largest absolute Gasteiger partial charge is 0.358 e. The summed E-state index contributed by atoms with van der Waals surface area (Å²) in [6.45, 7) is 2.14. The molecule has 0 aliphatic rings. The van der Waals surface area contributed by atoms with E-state index in [0.29, 0.717) is 11.1 Å². The number of hydrogen-bond acceptors (Lipinski definition) is 3. The Bertz CT molecular complexity index is 570. The van der Waals surface area contributed by atoms with Gasteiger partial charge >= 0.3 is 0 Å². The highest BCUT2D eigenvalue weighted by Crippen LogP contribution is 2.13. The second-order valence-corrected chi connectivity index (χ2v) is 4.39. The number of nitrogens with zero attached hydrogens (tertiary/aromatic N) is 1. The van der Waals surface area contributed by atoms with Crippen LogP contribution < -0.4 is 11.1 Å². The molecule has 0 radical (unpaired) electrons. The summed E-state index contributed by atoms with van der Waals surface area (Å²) in [7, 11) is 3.12. The number of aryl methyl sites for hydroxylation is 1. The first-order valence-corrected chi connectivity index (χ1v) is 6.25. The minimum Gasteiger partial charge on any atom is -0.358 e. The molecule has 0 spiro atoms. The van der Waals surface area contributed by atoms with Crippen LogP contribution in [0.25, 0.3) is 0 Å². The fourth-order valence-electron chi connectivity index (χ4n) is 1.66. The molecule has 0 aliphatic heterocycles. The monoisotopic (exact) mass is 273 g/mol. The van der Waals surface area contributed by atoms with E-state index in [1.807, 2.05) is 13.0 Å². The second-order valence-electron chi connectivity index (χ2n) is 4.39. The topological polar surface area (TPSA) is 75.4 Å². The van der Waals surface area contributed by atoms with E-state index >= 15 is 0 Å². The van der Waals surface area contributed by atoms with Gasteiger partial charge in [0.25, 0.3) is 5.91 Å². The lowest BCUT2D eigenvalue weighted by Gasteiger charge is -2.17. The minimum absolute atomic E-state index is 0.00698. The Labute approximate surface area is 119 Å². The second kappa shape index (κ2) is 7.31. The number of rotatable bonds is 3. The van der Waals surface area contributed by atoms with E-state index in [0.717, 1.165) is 5.56 Å². The Morgan fingerprint density at radius 3 is 2.70 bits per heavy atom. The summed E-state index contributed by atoms with van der Waals surface area (Å²) in [5, 5.41) is 2.49. The maximum Gasteiger partial charge on any atom is 0.255 e. The summed E-state index contributed by atoms with van der Waals surface area (Å²) >= 11 is 0. The molecule has 0 saturated heterocycles. The van der Waals surface area contributed by atoms with Crippen LogP contribution in [-0.2, 0) is 4.79 Å². The molecule has 0 aliphatic carbocycles. The summed E-state index contributed by atoms with van der Waals surface area (Å²) in [5.74, 6) is 5.16. The van der Waals surface area contributed by atoms with Crippen molar-refractivity contribution in [2.45, 2.75) is 6.92 Å². The van der Waals surface area contributed by atoms with Crippen LogP contribution in [-0.4, -0.2) is 43.9 Å². The SMILES string of the molecule is CNC(=O)CN(C)C(=O)c1cc(C)ccc1C#CCN. The number of likely N-dealkylation sites (N-methyl/N-ethyl adjacent to an activating group) is 2. The maximum absolute atomic E-state index is 12.4. The van der Waals surface area contributed by atoms with Gasteiger partial charge in [-0.05, 0) is 19.1 Å². The summed E-state index contributed by atoms with van der Waals surface area (Å²) in [6, 6.07) is 5.44. The molecule has 5 heteroatoms. The molecule has 1 aromatic carbocycles. The van der Waals surface area contributed by atoms with Crippen LogP contribution >= 0.6 is 0 Å². The molecule has 1 rings (SSSR count). The van der Waals surface area contributed by atoms with Crippen molar-refractivity contribution in [2.75, 3.05) is 27.2 Å². The highest BCUT2D eigenvalue weighted by atomic mass is 16.2. The Kier molecular flexibility index (Phi) is 5.75. The maximum atomic E-state index is 12.4. The minimum atomic E-state index is -0.237. The van der Waals surface area contributed by atoms with Crippen LogP contribution in [0.5, 0.6) is 0 Å². The molecule has 1 aromatic rings. The molecule has 0 bridgehead atoms. The molecule has 0 heterocycles. The molecule has 0 saturated carbocycles. The van der Waals surface area contributed by atoms with Crippen molar-refractivity contribution in [1.29, 1.82) is 0 Å². The number of nitrogens with one attached hydrogen (secondary N) is 1. The summed E-state index contributed by atoms with van der Waals surface area (Å²) in [6.07, 6.45) is 0. The van der Waals surface area contributed by atoms with Crippen molar-refractivity contribution in [3.05, 3.63) is 34.9 Å². The standard InChI is InChI=1S/C15H19N3O2/c1-11-6-7-12(5-4-8-16)13(9-11)15(20)18(3)10-14(19)17-2/h6-7,9H,8,10,16H2,1-3H3,(H,17,19). The summed E-state index contributed by atoms with van der Waals surface area (Å²) in [4.78, 5) is 25.1. The molecule has 106 valence electrons. The predicted octanol–water partition coefficient (Wildman–Crippen LogP) is 0.123. The number of carbonyl (C=O) groups excluding carboxylic acids is 2. The van der Waals surface area contributed by atoms with Crippen molar-refractivity contribution >= 4 is 11.8 Å². The number of benzene rings is 1. The number of hydrogen-bond donors (Lipinski definition) is 2. The van der Waals surface area contributed by atoms with Gasteiger partial charge in [-0.25, -0.2) is 0 Å². The molecule has 3 N–H and O–H groups in total. The van der Waals surface area contributed by atoms with Crippen molar-refractivity contribution in [2.24, 2.45) is 5.73 Å². The fourth-order valence-corrected chi connectivity index (χ4v) is 1.66. The van der Waals surface area contributed by atoms with E-state index in [1.165, 1.54) is 11.9 Å². The van der Waals surface area contributed by atoms with Crippen molar-refractivity contribution in [1.82, 2.24) is 10.2 Å². The van der Waals surface area contributed by atoms with Gasteiger partial charge in [0.15, 0.2) is 0 Å². The van der Waals surface area contributed by atoms with Gasteiger partial charge < -0.3 is 16.0 Å². The molecule has 0 unspecified atom stereocenters. The smallest absolute Gasteiger partial charge is 0.255 e. The van der Waals surface area contributed by atoms with Crippen LogP contribution in [0.2, 0.25) is 0 Å². The van der Waals surface area contributed by atoms with Gasteiger partial charge in [0.05, 0.1) is 18.7 Å². The van der Waals surface area contributed by atoms with Crippen LogP contribution in [0.4, 0.5) is 0 Å².